The Morgan fingerprint density at radius 2 is 0.517 bits per heavy atom. The summed E-state index contributed by atoms with van der Waals surface area (Å²) in [5, 5.41) is 0. The maximum Gasteiger partial charge on any atom is 0.0535 e. The molecule has 0 aromatic rings. The number of hydrogen-bond acceptors (Lipinski definition) is 0. The number of rotatable bonds is 24. The lowest BCUT2D eigenvalue weighted by molar-refractivity contribution is 0.581. The van der Waals surface area contributed by atoms with E-state index in [1.807, 2.05) is 0 Å². The van der Waals surface area contributed by atoms with E-state index in [2.05, 4.69) is 27.7 Å². The summed E-state index contributed by atoms with van der Waals surface area (Å²) in [5.74, 6) is 0. The van der Waals surface area contributed by atoms with Crippen molar-refractivity contribution >= 4 is 8.07 Å². The monoisotopic (exact) mass is 424 g/mol. The molecule has 0 aromatic carbocycles. The van der Waals surface area contributed by atoms with Gasteiger partial charge >= 0.3 is 0 Å². The highest BCUT2D eigenvalue weighted by Gasteiger charge is 2.30. The molecule has 0 saturated carbocycles. The summed E-state index contributed by atoms with van der Waals surface area (Å²) in [6.45, 7) is 9.43. The van der Waals surface area contributed by atoms with Crippen molar-refractivity contribution < 1.29 is 0 Å². The minimum Gasteiger partial charge on any atom is -0.0654 e. The Morgan fingerprint density at radius 1 is 0.276 bits per heavy atom. The van der Waals surface area contributed by atoms with Crippen LogP contribution in [0.15, 0.2) is 0 Å². The highest BCUT2D eigenvalue weighted by Crippen LogP contribution is 2.34. The first kappa shape index (κ1) is 29.2. The molecule has 1 unspecified atom stereocenters. The molecule has 0 saturated heterocycles. The Balaban J connectivity index is 4.43. The van der Waals surface area contributed by atoms with Crippen LogP contribution in [0.4, 0.5) is 0 Å². The van der Waals surface area contributed by atoms with Crippen molar-refractivity contribution in [3.05, 3.63) is 0 Å². The molecule has 29 heavy (non-hydrogen) atoms. The molecule has 0 radical (unpaired) electrons. The van der Waals surface area contributed by atoms with Gasteiger partial charge in [-0.3, -0.25) is 0 Å². The molecule has 0 nitrogen and oxygen atoms in total. The van der Waals surface area contributed by atoms with Gasteiger partial charge in [-0.15, -0.1) is 0 Å². The van der Waals surface area contributed by atoms with E-state index in [0.29, 0.717) is 0 Å². The quantitative estimate of drug-likeness (QED) is 0.107. The normalized spacial score (nSPS) is 13.7. The molecule has 0 amide bonds. The van der Waals surface area contributed by atoms with Crippen molar-refractivity contribution in [2.45, 2.75) is 180 Å². The molecular weight excluding hydrogens is 364 g/mol. The molecule has 1 atom stereocenters. The van der Waals surface area contributed by atoms with Gasteiger partial charge in [0.1, 0.15) is 0 Å². The van der Waals surface area contributed by atoms with Crippen LogP contribution in [0.5, 0.6) is 0 Å². The third kappa shape index (κ3) is 18.7. The number of unbranched alkanes of at least 4 members (excludes halogenated alkanes) is 16. The standard InChI is InChI=1S/C28H60Si/c1-5-9-13-16-18-19-21-24-28-29(25-12-8-4,26-22-15-11-7-3)27-23-20-17-14-10-6-2/h5-28H2,1-4H3. The fraction of sp³-hybridized carbons (Fsp3) is 1.00. The SMILES string of the molecule is CCCCCCCCCC[Si](CCCC)(CCCCCC)CCCCCCCC. The van der Waals surface area contributed by atoms with E-state index in [1.165, 1.54) is 109 Å². The second-order valence-corrected chi connectivity index (χ2v) is 15.2. The smallest absolute Gasteiger partial charge is 0.0535 e. The Kier molecular flexibility index (Phi) is 23.1. The highest BCUT2D eigenvalue weighted by atomic mass is 28.3. The maximum atomic E-state index is 2.41. The molecule has 0 aliphatic carbocycles. The Hall–Kier alpha value is 0.217. The average Bonchev–Trinajstić information content (AvgIpc) is 2.74. The van der Waals surface area contributed by atoms with Gasteiger partial charge < -0.3 is 0 Å². The van der Waals surface area contributed by atoms with Crippen molar-refractivity contribution in [1.29, 1.82) is 0 Å². The van der Waals surface area contributed by atoms with E-state index in [1.54, 1.807) is 43.4 Å². The maximum absolute atomic E-state index is 2.41. The van der Waals surface area contributed by atoms with Crippen LogP contribution >= 0.6 is 0 Å². The predicted molar refractivity (Wildman–Crippen MR) is 140 cm³/mol. The average molecular weight is 425 g/mol. The predicted octanol–water partition coefficient (Wildman–Crippen LogP) is 11.3. The molecular formula is C28H60Si. The number of hydrogen-bond donors (Lipinski definition) is 0. The second kappa shape index (κ2) is 22.9. The molecule has 0 heterocycles. The van der Waals surface area contributed by atoms with Crippen molar-refractivity contribution in [1.82, 2.24) is 0 Å². The van der Waals surface area contributed by atoms with Crippen LogP contribution in [-0.2, 0) is 0 Å². The van der Waals surface area contributed by atoms with Gasteiger partial charge in [-0.05, 0) is 0 Å². The molecule has 0 aliphatic heterocycles. The lowest BCUT2D eigenvalue weighted by atomic mass is 10.1. The zero-order valence-corrected chi connectivity index (χ0v) is 22.5. The molecule has 1 heteroatoms. The van der Waals surface area contributed by atoms with Gasteiger partial charge in [-0.25, -0.2) is 0 Å². The lowest BCUT2D eigenvalue weighted by Gasteiger charge is -2.33. The van der Waals surface area contributed by atoms with E-state index in [4.69, 9.17) is 0 Å². The van der Waals surface area contributed by atoms with Crippen LogP contribution in [0.25, 0.3) is 0 Å². The summed E-state index contributed by atoms with van der Waals surface area (Å²) in [5.41, 5.74) is 0. The Labute approximate surface area is 188 Å². The molecule has 0 fully saturated rings. The van der Waals surface area contributed by atoms with Gasteiger partial charge in [-0.1, -0.05) is 180 Å². The van der Waals surface area contributed by atoms with Gasteiger partial charge in [-0.2, -0.15) is 0 Å². The molecule has 176 valence electrons. The molecule has 0 N–H and O–H groups in total. The van der Waals surface area contributed by atoms with E-state index >= 15 is 0 Å². The first-order valence-corrected chi connectivity index (χ1v) is 17.1. The minimum absolute atomic E-state index is 1.02. The summed E-state index contributed by atoms with van der Waals surface area (Å²) in [6, 6.07) is 6.66. The Bertz CT molecular complexity index is 301. The summed E-state index contributed by atoms with van der Waals surface area (Å²) in [4.78, 5) is 0. The van der Waals surface area contributed by atoms with Crippen molar-refractivity contribution in [3.8, 4) is 0 Å². The van der Waals surface area contributed by atoms with Crippen molar-refractivity contribution in [2.24, 2.45) is 0 Å². The van der Waals surface area contributed by atoms with Crippen LogP contribution < -0.4 is 0 Å². The molecule has 0 spiro atoms. The van der Waals surface area contributed by atoms with Gasteiger partial charge in [0.25, 0.3) is 0 Å². The summed E-state index contributed by atoms with van der Waals surface area (Å²) in [7, 11) is -1.02. The topological polar surface area (TPSA) is 0 Å². The zero-order valence-electron chi connectivity index (χ0n) is 21.5. The highest BCUT2D eigenvalue weighted by molar-refractivity contribution is 6.79. The van der Waals surface area contributed by atoms with Gasteiger partial charge in [0.15, 0.2) is 0 Å². The third-order valence-corrected chi connectivity index (χ3v) is 12.9. The molecule has 0 aromatic heterocycles. The zero-order chi connectivity index (χ0) is 21.5. The largest absolute Gasteiger partial charge is 0.0654 e. The molecule has 0 rings (SSSR count). The first-order chi connectivity index (χ1) is 14.2. The first-order valence-electron chi connectivity index (χ1n) is 14.2. The summed E-state index contributed by atoms with van der Waals surface area (Å²) >= 11 is 0. The van der Waals surface area contributed by atoms with Gasteiger partial charge in [0, 0.05) is 0 Å². The van der Waals surface area contributed by atoms with Gasteiger partial charge in [0.2, 0.25) is 0 Å². The van der Waals surface area contributed by atoms with Crippen molar-refractivity contribution in [2.75, 3.05) is 0 Å². The fourth-order valence-electron chi connectivity index (χ4n) is 5.14. The molecule has 0 bridgehead atoms. The van der Waals surface area contributed by atoms with Crippen LogP contribution in [0.2, 0.25) is 24.2 Å². The van der Waals surface area contributed by atoms with E-state index in [9.17, 15) is 0 Å². The van der Waals surface area contributed by atoms with E-state index in [-0.39, 0.29) is 0 Å². The third-order valence-electron chi connectivity index (χ3n) is 7.24. The Morgan fingerprint density at radius 3 is 0.862 bits per heavy atom. The fourth-order valence-corrected chi connectivity index (χ4v) is 10.7. The van der Waals surface area contributed by atoms with Crippen molar-refractivity contribution in [3.63, 3.8) is 0 Å². The summed E-state index contributed by atoms with van der Waals surface area (Å²) < 4.78 is 0. The minimum atomic E-state index is -1.02. The van der Waals surface area contributed by atoms with Crippen LogP contribution in [0, 0.1) is 0 Å². The van der Waals surface area contributed by atoms with Crippen LogP contribution in [0.3, 0.4) is 0 Å². The van der Waals surface area contributed by atoms with Crippen LogP contribution in [0.1, 0.15) is 156 Å². The van der Waals surface area contributed by atoms with E-state index < -0.39 is 8.07 Å². The molecule has 0 aliphatic rings. The van der Waals surface area contributed by atoms with E-state index in [0.717, 1.165) is 0 Å². The summed E-state index contributed by atoms with van der Waals surface area (Å²) in [6.07, 6.45) is 29.6. The second-order valence-electron chi connectivity index (χ2n) is 10.2. The van der Waals surface area contributed by atoms with Crippen LogP contribution in [-0.4, -0.2) is 8.07 Å². The lowest BCUT2D eigenvalue weighted by Crippen LogP contribution is -2.33. The van der Waals surface area contributed by atoms with Gasteiger partial charge in [0.05, 0.1) is 8.07 Å².